The molecule has 1 saturated carbocycles. The number of rotatable bonds is 9. The molecule has 0 spiro atoms. The molecule has 0 radical (unpaired) electrons. The molecule has 2 N–H and O–H groups in total. The topological polar surface area (TPSA) is 58.2 Å². The SMILES string of the molecule is CCCNCCCCS(=O)(=O)NC1(C)CCCCC1. The van der Waals surface area contributed by atoms with Crippen molar-refractivity contribution in [2.24, 2.45) is 0 Å². The zero-order chi connectivity index (χ0) is 14.2. The number of nitrogens with one attached hydrogen (secondary N) is 2. The number of unbranched alkanes of at least 4 members (excludes halogenated alkanes) is 1. The van der Waals surface area contributed by atoms with Crippen LogP contribution in [0, 0.1) is 0 Å². The fourth-order valence-electron chi connectivity index (χ4n) is 2.70. The average molecular weight is 290 g/mol. The minimum absolute atomic E-state index is 0.197. The third-order valence-electron chi connectivity index (χ3n) is 3.80. The second-order valence-corrected chi connectivity index (χ2v) is 7.84. The summed E-state index contributed by atoms with van der Waals surface area (Å²) >= 11 is 0. The van der Waals surface area contributed by atoms with Crippen molar-refractivity contribution in [3.05, 3.63) is 0 Å². The molecule has 0 unspecified atom stereocenters. The lowest BCUT2D eigenvalue weighted by Gasteiger charge is -2.34. The largest absolute Gasteiger partial charge is 0.317 e. The maximum Gasteiger partial charge on any atom is 0.212 e. The van der Waals surface area contributed by atoms with E-state index in [0.29, 0.717) is 0 Å². The van der Waals surface area contributed by atoms with Crippen LogP contribution in [0.15, 0.2) is 0 Å². The van der Waals surface area contributed by atoms with Crippen LogP contribution in [0.25, 0.3) is 0 Å². The summed E-state index contributed by atoms with van der Waals surface area (Å²) in [5.74, 6) is 0.260. The van der Waals surface area contributed by atoms with Crippen molar-refractivity contribution < 1.29 is 8.42 Å². The standard InChI is InChI=1S/C14H30N2O2S/c1-3-11-15-12-7-8-13-19(17,18)16-14(2)9-5-4-6-10-14/h15-16H,3-13H2,1-2H3. The van der Waals surface area contributed by atoms with Gasteiger partial charge in [-0.1, -0.05) is 26.2 Å². The highest BCUT2D eigenvalue weighted by Gasteiger charge is 2.30. The van der Waals surface area contributed by atoms with Gasteiger partial charge in [0.1, 0.15) is 0 Å². The molecule has 0 bridgehead atoms. The van der Waals surface area contributed by atoms with E-state index in [2.05, 4.69) is 17.0 Å². The fraction of sp³-hybridized carbons (Fsp3) is 1.00. The number of sulfonamides is 1. The van der Waals surface area contributed by atoms with E-state index >= 15 is 0 Å². The van der Waals surface area contributed by atoms with E-state index in [1.54, 1.807) is 0 Å². The highest BCUT2D eigenvalue weighted by Crippen LogP contribution is 2.28. The second-order valence-electron chi connectivity index (χ2n) is 6.00. The predicted octanol–water partition coefficient (Wildman–Crippen LogP) is 2.41. The van der Waals surface area contributed by atoms with Gasteiger partial charge in [0.25, 0.3) is 0 Å². The minimum Gasteiger partial charge on any atom is -0.317 e. The van der Waals surface area contributed by atoms with Gasteiger partial charge < -0.3 is 5.32 Å². The Kier molecular flexibility index (Phi) is 7.32. The van der Waals surface area contributed by atoms with Crippen LogP contribution in [0.1, 0.15) is 65.2 Å². The van der Waals surface area contributed by atoms with E-state index in [-0.39, 0.29) is 11.3 Å². The Morgan fingerprint density at radius 1 is 1.05 bits per heavy atom. The first kappa shape index (κ1) is 16.9. The molecule has 4 nitrogen and oxygen atoms in total. The smallest absolute Gasteiger partial charge is 0.212 e. The van der Waals surface area contributed by atoms with Crippen LogP contribution < -0.4 is 10.0 Å². The number of hydrogen-bond acceptors (Lipinski definition) is 3. The van der Waals surface area contributed by atoms with E-state index in [9.17, 15) is 8.42 Å². The van der Waals surface area contributed by atoms with Crippen molar-refractivity contribution in [1.29, 1.82) is 0 Å². The summed E-state index contributed by atoms with van der Waals surface area (Å²) in [6.07, 6.45) is 8.26. The third kappa shape index (κ3) is 7.28. The van der Waals surface area contributed by atoms with Crippen molar-refractivity contribution in [2.45, 2.75) is 70.8 Å². The zero-order valence-corrected chi connectivity index (χ0v) is 13.3. The Balaban J connectivity index is 2.23. The van der Waals surface area contributed by atoms with Gasteiger partial charge in [-0.2, -0.15) is 0 Å². The summed E-state index contributed by atoms with van der Waals surface area (Å²) in [4.78, 5) is 0. The van der Waals surface area contributed by atoms with Crippen molar-refractivity contribution >= 4 is 10.0 Å². The molecule has 0 aromatic heterocycles. The summed E-state index contributed by atoms with van der Waals surface area (Å²) in [6, 6.07) is 0. The fourth-order valence-corrected chi connectivity index (χ4v) is 4.35. The highest BCUT2D eigenvalue weighted by atomic mass is 32.2. The van der Waals surface area contributed by atoms with E-state index in [0.717, 1.165) is 58.0 Å². The van der Waals surface area contributed by atoms with Crippen LogP contribution in [0.3, 0.4) is 0 Å². The second kappa shape index (κ2) is 8.22. The Labute approximate surface area is 118 Å². The monoisotopic (exact) mass is 290 g/mol. The molecule has 0 aromatic carbocycles. The van der Waals surface area contributed by atoms with E-state index in [1.165, 1.54) is 6.42 Å². The first-order valence-electron chi connectivity index (χ1n) is 7.70. The maximum absolute atomic E-state index is 12.1. The summed E-state index contributed by atoms with van der Waals surface area (Å²) in [5.41, 5.74) is -0.197. The molecule has 19 heavy (non-hydrogen) atoms. The number of hydrogen-bond donors (Lipinski definition) is 2. The lowest BCUT2D eigenvalue weighted by atomic mass is 9.84. The lowest BCUT2D eigenvalue weighted by Crippen LogP contribution is -2.47. The maximum atomic E-state index is 12.1. The molecular formula is C14H30N2O2S. The van der Waals surface area contributed by atoms with E-state index in [4.69, 9.17) is 0 Å². The van der Waals surface area contributed by atoms with E-state index in [1.807, 2.05) is 6.92 Å². The normalized spacial score (nSPS) is 19.5. The van der Waals surface area contributed by atoms with Gasteiger partial charge in [-0.3, -0.25) is 0 Å². The van der Waals surface area contributed by atoms with Crippen LogP contribution in [-0.4, -0.2) is 32.8 Å². The van der Waals surface area contributed by atoms with Crippen LogP contribution >= 0.6 is 0 Å². The third-order valence-corrected chi connectivity index (χ3v) is 5.43. The molecular weight excluding hydrogens is 260 g/mol. The molecule has 0 aliphatic heterocycles. The molecule has 114 valence electrons. The lowest BCUT2D eigenvalue weighted by molar-refractivity contribution is 0.294. The Hall–Kier alpha value is -0.130. The van der Waals surface area contributed by atoms with Crippen LogP contribution in [0.2, 0.25) is 0 Å². The van der Waals surface area contributed by atoms with Crippen LogP contribution in [0.5, 0.6) is 0 Å². The van der Waals surface area contributed by atoms with Gasteiger partial charge in [-0.05, 0) is 52.1 Å². The molecule has 5 heteroatoms. The first-order valence-corrected chi connectivity index (χ1v) is 9.35. The first-order chi connectivity index (χ1) is 8.97. The summed E-state index contributed by atoms with van der Waals surface area (Å²) in [5, 5.41) is 3.29. The molecule has 0 heterocycles. The Morgan fingerprint density at radius 2 is 1.74 bits per heavy atom. The van der Waals surface area contributed by atoms with E-state index < -0.39 is 10.0 Å². The van der Waals surface area contributed by atoms with Crippen molar-refractivity contribution in [2.75, 3.05) is 18.8 Å². The van der Waals surface area contributed by atoms with Crippen molar-refractivity contribution in [3.8, 4) is 0 Å². The highest BCUT2D eigenvalue weighted by molar-refractivity contribution is 7.89. The average Bonchev–Trinajstić information content (AvgIpc) is 2.33. The van der Waals surface area contributed by atoms with Gasteiger partial charge in [-0.15, -0.1) is 0 Å². The van der Waals surface area contributed by atoms with Gasteiger partial charge in [0.2, 0.25) is 10.0 Å². The van der Waals surface area contributed by atoms with Gasteiger partial charge in [-0.25, -0.2) is 13.1 Å². The van der Waals surface area contributed by atoms with Gasteiger partial charge in [0, 0.05) is 5.54 Å². The molecule has 0 saturated heterocycles. The predicted molar refractivity (Wildman–Crippen MR) is 80.8 cm³/mol. The molecule has 0 aromatic rings. The molecule has 0 amide bonds. The van der Waals surface area contributed by atoms with Gasteiger partial charge in [0.05, 0.1) is 5.75 Å². The van der Waals surface area contributed by atoms with Gasteiger partial charge >= 0.3 is 0 Å². The molecule has 1 aliphatic rings. The minimum atomic E-state index is -3.11. The molecule has 1 fully saturated rings. The van der Waals surface area contributed by atoms with Crippen molar-refractivity contribution in [1.82, 2.24) is 10.0 Å². The summed E-state index contributed by atoms with van der Waals surface area (Å²) < 4.78 is 27.0. The molecule has 0 atom stereocenters. The molecule has 1 aliphatic carbocycles. The van der Waals surface area contributed by atoms with Crippen molar-refractivity contribution in [3.63, 3.8) is 0 Å². The Morgan fingerprint density at radius 3 is 2.37 bits per heavy atom. The zero-order valence-electron chi connectivity index (χ0n) is 12.5. The quantitative estimate of drug-likeness (QED) is 0.641. The molecule has 1 rings (SSSR count). The summed E-state index contributed by atoms with van der Waals surface area (Å²) in [6.45, 7) is 6.11. The van der Waals surface area contributed by atoms with Gasteiger partial charge in [0.15, 0.2) is 0 Å². The van der Waals surface area contributed by atoms with Crippen LogP contribution in [0.4, 0.5) is 0 Å². The van der Waals surface area contributed by atoms with Crippen LogP contribution in [-0.2, 0) is 10.0 Å². The Bertz CT molecular complexity index is 335. The summed E-state index contributed by atoms with van der Waals surface area (Å²) in [7, 11) is -3.11.